The van der Waals surface area contributed by atoms with Crippen LogP contribution in [0.25, 0.3) is 65.7 Å². The zero-order valence-electron chi connectivity index (χ0n) is 29.7. The Kier molecular flexibility index (Phi) is 4.34. The smallest absolute Gasteiger partial charge is 0.136 e. The van der Waals surface area contributed by atoms with Crippen molar-refractivity contribution in [1.82, 2.24) is 0 Å². The van der Waals surface area contributed by atoms with Crippen molar-refractivity contribution in [3.05, 3.63) is 192 Å². The van der Waals surface area contributed by atoms with Crippen LogP contribution in [0.4, 0.5) is 0 Å². The minimum absolute atomic E-state index is 0.199. The lowest BCUT2D eigenvalue weighted by molar-refractivity contribution is 0.664. The van der Waals surface area contributed by atoms with Crippen molar-refractivity contribution in [2.75, 3.05) is 0 Å². The highest BCUT2D eigenvalue weighted by Gasteiger charge is 2.46. The van der Waals surface area contributed by atoms with Gasteiger partial charge in [-0.05, 0) is 84.3 Å². The lowest BCUT2D eigenvalue weighted by Gasteiger charge is -2.34. The molecule has 0 aliphatic heterocycles. The molecule has 0 fully saturated rings. The van der Waals surface area contributed by atoms with Gasteiger partial charge in [-0.1, -0.05) is 152 Å². The molecule has 8 aromatic carbocycles. The van der Waals surface area contributed by atoms with Crippen molar-refractivity contribution in [2.45, 2.75) is 5.41 Å². The standard InChI is InChI=1S/C45H28O/c1-4-15-29(16-5-1)41-33-21-10-12-23-35(33)42(36-24-13-11-22-34(36)41)30-27-38-44-40(28-30)46-39-26-14-25-37(43(39)44)45(38,31-17-6-2-7-18-31)32-19-8-3-9-20-32/h1-28H/i1D,4D,5D,15D,16D. The molecule has 46 heavy (non-hydrogen) atoms. The Morgan fingerprint density at radius 3 is 1.54 bits per heavy atom. The molecule has 9 aromatic rings. The first-order valence-electron chi connectivity index (χ1n) is 18.0. The highest BCUT2D eigenvalue weighted by molar-refractivity contribution is 6.23. The van der Waals surface area contributed by atoms with Gasteiger partial charge in [0.15, 0.2) is 0 Å². The summed E-state index contributed by atoms with van der Waals surface area (Å²) in [5.41, 5.74) is 8.53. The number of furan rings is 1. The summed E-state index contributed by atoms with van der Waals surface area (Å²) in [6.07, 6.45) is 0. The van der Waals surface area contributed by atoms with E-state index in [-0.39, 0.29) is 29.7 Å². The average molecular weight is 590 g/mol. The third-order valence-corrected chi connectivity index (χ3v) is 9.79. The van der Waals surface area contributed by atoms with Crippen LogP contribution < -0.4 is 0 Å². The highest BCUT2D eigenvalue weighted by Crippen LogP contribution is 2.58. The molecule has 0 N–H and O–H groups in total. The fraction of sp³-hybridized carbons (Fsp3) is 0.0222. The van der Waals surface area contributed by atoms with Crippen molar-refractivity contribution in [2.24, 2.45) is 0 Å². The van der Waals surface area contributed by atoms with Crippen LogP contribution in [-0.2, 0) is 5.41 Å². The van der Waals surface area contributed by atoms with Gasteiger partial charge in [0.25, 0.3) is 0 Å². The van der Waals surface area contributed by atoms with Gasteiger partial charge in [-0.2, -0.15) is 0 Å². The van der Waals surface area contributed by atoms with E-state index in [1.165, 1.54) is 16.7 Å². The van der Waals surface area contributed by atoms with Crippen LogP contribution in [0.3, 0.4) is 0 Å². The fourth-order valence-electron chi connectivity index (χ4n) is 8.09. The summed E-state index contributed by atoms with van der Waals surface area (Å²) < 4.78 is 49.8. The van der Waals surface area contributed by atoms with Gasteiger partial charge < -0.3 is 4.42 Å². The zero-order valence-corrected chi connectivity index (χ0v) is 24.7. The Bertz CT molecular complexity index is 2790. The fourth-order valence-corrected chi connectivity index (χ4v) is 8.09. The van der Waals surface area contributed by atoms with Crippen LogP contribution in [0.1, 0.15) is 29.1 Å². The highest BCUT2D eigenvalue weighted by atomic mass is 16.3. The van der Waals surface area contributed by atoms with E-state index in [1.54, 1.807) is 0 Å². The van der Waals surface area contributed by atoms with Crippen molar-refractivity contribution in [1.29, 1.82) is 0 Å². The van der Waals surface area contributed by atoms with Crippen LogP contribution in [0.5, 0.6) is 0 Å². The van der Waals surface area contributed by atoms with Crippen molar-refractivity contribution >= 4 is 43.5 Å². The molecular formula is C45H28O. The maximum absolute atomic E-state index is 8.95. The molecule has 0 saturated heterocycles. The topological polar surface area (TPSA) is 13.1 Å². The summed E-state index contributed by atoms with van der Waals surface area (Å²) in [6.45, 7) is 0. The monoisotopic (exact) mass is 589 g/mol. The molecule has 1 heteroatoms. The van der Waals surface area contributed by atoms with Gasteiger partial charge in [0.05, 0.1) is 12.3 Å². The molecule has 1 heterocycles. The molecule has 0 amide bonds. The van der Waals surface area contributed by atoms with Gasteiger partial charge in [-0.3, -0.25) is 0 Å². The van der Waals surface area contributed by atoms with E-state index in [0.717, 1.165) is 60.2 Å². The van der Waals surface area contributed by atoms with Crippen LogP contribution in [0, 0.1) is 0 Å². The number of fused-ring (bicyclic) bond motifs is 2. The first-order valence-corrected chi connectivity index (χ1v) is 15.5. The summed E-state index contributed by atoms with van der Waals surface area (Å²) in [7, 11) is 0. The van der Waals surface area contributed by atoms with Gasteiger partial charge >= 0.3 is 0 Å². The van der Waals surface area contributed by atoms with Gasteiger partial charge in [0.1, 0.15) is 11.2 Å². The van der Waals surface area contributed by atoms with Gasteiger partial charge in [0.2, 0.25) is 0 Å². The Labute approximate surface area is 274 Å². The number of rotatable bonds is 4. The Morgan fingerprint density at radius 2 is 0.957 bits per heavy atom. The van der Waals surface area contributed by atoms with Crippen LogP contribution in [-0.4, -0.2) is 0 Å². The zero-order chi connectivity index (χ0) is 34.6. The summed E-state index contributed by atoms with van der Waals surface area (Å²) >= 11 is 0. The van der Waals surface area contributed by atoms with Crippen LogP contribution >= 0.6 is 0 Å². The second-order valence-electron chi connectivity index (χ2n) is 12.0. The second kappa shape index (κ2) is 9.54. The van der Waals surface area contributed by atoms with Crippen LogP contribution in [0.2, 0.25) is 0 Å². The predicted octanol–water partition coefficient (Wildman–Crippen LogP) is 11.9. The van der Waals surface area contributed by atoms with E-state index in [2.05, 4.69) is 97.1 Å². The SMILES string of the molecule is [2H]c1c([2H])c([2H])c(-c2c3ccccc3c(-c3cc4c5c(c3)oc3cccc(c35)C4(c3ccccc3)c3ccccc3)c3ccccc23)c([2H])c1[2H]. The molecule has 214 valence electrons. The molecule has 0 bridgehead atoms. The maximum atomic E-state index is 8.95. The molecule has 0 radical (unpaired) electrons. The molecule has 1 aromatic heterocycles. The summed E-state index contributed by atoms with van der Waals surface area (Å²) in [5, 5.41) is 5.70. The Morgan fingerprint density at radius 1 is 0.435 bits per heavy atom. The minimum Gasteiger partial charge on any atom is -0.456 e. The largest absolute Gasteiger partial charge is 0.456 e. The Balaban J connectivity index is 1.37. The molecule has 1 aliphatic rings. The maximum Gasteiger partial charge on any atom is 0.136 e. The van der Waals surface area contributed by atoms with E-state index in [0.29, 0.717) is 5.56 Å². The number of hydrogen-bond donors (Lipinski definition) is 0. The lowest BCUT2D eigenvalue weighted by Crippen LogP contribution is -2.28. The van der Waals surface area contributed by atoms with Gasteiger partial charge in [0, 0.05) is 10.8 Å². The molecule has 10 rings (SSSR count). The molecule has 1 aliphatic carbocycles. The van der Waals surface area contributed by atoms with E-state index < -0.39 is 11.5 Å². The molecular weight excluding hydrogens is 556 g/mol. The Hall–Kier alpha value is -5.92. The minimum atomic E-state index is -0.601. The van der Waals surface area contributed by atoms with Crippen LogP contribution in [0.15, 0.2) is 174 Å². The summed E-state index contributed by atoms with van der Waals surface area (Å²) in [6, 6.07) is 46.7. The summed E-state index contributed by atoms with van der Waals surface area (Å²) in [5.74, 6) is 0. The first-order chi connectivity index (χ1) is 24.9. The molecule has 0 spiro atoms. The lowest BCUT2D eigenvalue weighted by atomic mass is 9.67. The third-order valence-electron chi connectivity index (χ3n) is 9.79. The van der Waals surface area contributed by atoms with Gasteiger partial charge in [-0.15, -0.1) is 0 Å². The van der Waals surface area contributed by atoms with E-state index in [4.69, 9.17) is 11.3 Å². The predicted molar refractivity (Wildman–Crippen MR) is 191 cm³/mol. The quantitative estimate of drug-likeness (QED) is 0.186. The van der Waals surface area contributed by atoms with Crippen molar-refractivity contribution in [3.63, 3.8) is 0 Å². The average Bonchev–Trinajstić information content (AvgIpc) is 3.71. The number of hydrogen-bond acceptors (Lipinski definition) is 1. The van der Waals surface area contributed by atoms with E-state index in [9.17, 15) is 0 Å². The van der Waals surface area contributed by atoms with Crippen molar-refractivity contribution in [3.8, 4) is 22.3 Å². The van der Waals surface area contributed by atoms with Crippen molar-refractivity contribution < 1.29 is 11.3 Å². The van der Waals surface area contributed by atoms with E-state index in [1.807, 2.05) is 42.5 Å². The second-order valence-corrected chi connectivity index (χ2v) is 12.0. The molecule has 0 saturated carbocycles. The van der Waals surface area contributed by atoms with Gasteiger partial charge in [-0.25, -0.2) is 0 Å². The third kappa shape index (κ3) is 3.29. The molecule has 0 unspecified atom stereocenters. The first kappa shape index (κ1) is 20.9. The molecule has 0 atom stereocenters. The van der Waals surface area contributed by atoms with E-state index >= 15 is 0 Å². The molecule has 1 nitrogen and oxygen atoms in total. The number of benzene rings is 8. The normalized spacial score (nSPS) is 14.9. The summed E-state index contributed by atoms with van der Waals surface area (Å²) in [4.78, 5) is 0.